The van der Waals surface area contributed by atoms with Crippen molar-refractivity contribution < 1.29 is 0 Å². The molecule has 0 atom stereocenters. The first kappa shape index (κ1) is 38.3. The second-order valence-corrected chi connectivity index (χ2v) is 21.1. The van der Waals surface area contributed by atoms with E-state index in [4.69, 9.17) is 0 Å². The lowest BCUT2D eigenvalue weighted by Gasteiger charge is -2.44. The molecule has 0 unspecified atom stereocenters. The molecule has 0 radical (unpaired) electrons. The predicted molar refractivity (Wildman–Crippen MR) is 236 cm³/mol. The third-order valence-electron chi connectivity index (χ3n) is 12.3. The van der Waals surface area contributed by atoms with Crippen LogP contribution in [0.2, 0.25) is 0 Å². The van der Waals surface area contributed by atoms with Gasteiger partial charge in [-0.05, 0) is 85.5 Å². The lowest BCUT2D eigenvalue weighted by Crippen LogP contribution is -2.74. The largest absolute Gasteiger partial charge is 0.195 e. The molecule has 0 spiro atoms. The Hall–Kier alpha value is -3.41. The van der Waals surface area contributed by atoms with Crippen LogP contribution in [0.3, 0.4) is 0 Å². The van der Waals surface area contributed by atoms with Crippen LogP contribution in [0.15, 0.2) is 140 Å². The summed E-state index contributed by atoms with van der Waals surface area (Å²) in [6.07, 6.45) is 13.7. The Labute approximate surface area is 318 Å². The van der Waals surface area contributed by atoms with Crippen LogP contribution in [0.5, 0.6) is 0 Å². The summed E-state index contributed by atoms with van der Waals surface area (Å²) in [5.74, 6) is 0. The number of hydrogen-bond donors (Lipinski definition) is 0. The standard InChI is InChI=1S/C26H43P.C24H20B/c1-25(2,3)20-17-21(26(4,5)6)19-24(18-20)27(22-13-9-7-10-14-22)23-15-11-8-12-16-23;1-5-13-21(14-6-1)25(22-15-7-2-8-16-22,23-17-9-3-10-18-23)24-19-11-4-12-20-24/h17-19,22-23H,7-16H2,1-6H3;1-20H/q;-1/p+1. The summed E-state index contributed by atoms with van der Waals surface area (Å²) >= 11 is 0. The summed E-state index contributed by atoms with van der Waals surface area (Å²) in [5, 5.41) is 1.79. The van der Waals surface area contributed by atoms with Crippen LogP contribution < -0.4 is 27.2 Å². The SMILES string of the molecule is CC(C)(C)c1cc([PH+](C2CCCCC2)C2CCCCC2)cc(C(C)(C)C)c1.c1ccc([B-](c2ccccc2)(c2ccccc2)c2ccccc2)cc1. The van der Waals surface area contributed by atoms with Crippen molar-refractivity contribution in [3.63, 3.8) is 0 Å². The van der Waals surface area contributed by atoms with E-state index in [1.54, 1.807) is 16.4 Å². The number of hydrogen-bond acceptors (Lipinski definition) is 0. The van der Waals surface area contributed by atoms with Gasteiger partial charge in [-0.3, -0.25) is 0 Å². The molecule has 272 valence electrons. The van der Waals surface area contributed by atoms with E-state index in [1.807, 2.05) is 0 Å². The van der Waals surface area contributed by atoms with Crippen molar-refractivity contribution >= 4 is 41.2 Å². The molecule has 0 aromatic heterocycles. The Bertz CT molecular complexity index is 1580. The summed E-state index contributed by atoms with van der Waals surface area (Å²) in [6, 6.07) is 51.4. The van der Waals surface area contributed by atoms with Gasteiger partial charge in [0, 0.05) is 7.92 Å². The lowest BCUT2D eigenvalue weighted by molar-refractivity contribution is 0.487. The van der Waals surface area contributed by atoms with Crippen molar-refractivity contribution in [1.82, 2.24) is 0 Å². The van der Waals surface area contributed by atoms with Crippen molar-refractivity contribution in [3.8, 4) is 0 Å². The normalized spacial score (nSPS) is 16.3. The minimum Gasteiger partial charge on any atom is -0.195 e. The maximum Gasteiger partial charge on any atom is 0.108 e. The van der Waals surface area contributed by atoms with E-state index in [0.29, 0.717) is 0 Å². The Morgan fingerprint density at radius 2 is 0.692 bits per heavy atom. The van der Waals surface area contributed by atoms with Gasteiger partial charge < -0.3 is 0 Å². The van der Waals surface area contributed by atoms with Crippen LogP contribution in [0.1, 0.15) is 117 Å². The molecule has 5 aromatic carbocycles. The Morgan fingerprint density at radius 3 is 0.962 bits per heavy atom. The zero-order valence-electron chi connectivity index (χ0n) is 33.1. The van der Waals surface area contributed by atoms with Gasteiger partial charge in [-0.2, -0.15) is 21.9 Å². The van der Waals surface area contributed by atoms with Gasteiger partial charge in [-0.15, -0.1) is 0 Å². The van der Waals surface area contributed by atoms with Gasteiger partial charge in [-0.1, -0.05) is 182 Å². The number of rotatable bonds is 7. The van der Waals surface area contributed by atoms with E-state index in [0.717, 1.165) is 11.3 Å². The van der Waals surface area contributed by atoms with Gasteiger partial charge in [0.25, 0.3) is 0 Å². The highest BCUT2D eigenvalue weighted by Crippen LogP contribution is 2.55. The van der Waals surface area contributed by atoms with Gasteiger partial charge in [0.2, 0.25) is 0 Å². The van der Waals surface area contributed by atoms with E-state index in [9.17, 15) is 0 Å². The maximum absolute atomic E-state index is 2.66. The van der Waals surface area contributed by atoms with E-state index >= 15 is 0 Å². The van der Waals surface area contributed by atoms with Crippen molar-refractivity contribution in [3.05, 3.63) is 151 Å². The second-order valence-electron chi connectivity index (χ2n) is 17.9. The van der Waals surface area contributed by atoms with E-state index in [2.05, 4.69) is 181 Å². The molecule has 7 rings (SSSR count). The number of benzene rings is 5. The topological polar surface area (TPSA) is 0 Å². The summed E-state index contributed by atoms with van der Waals surface area (Å²) in [5.41, 5.74) is 11.0. The van der Waals surface area contributed by atoms with Crippen molar-refractivity contribution in [2.24, 2.45) is 0 Å². The molecule has 2 fully saturated rings. The summed E-state index contributed by atoms with van der Waals surface area (Å²) in [6.45, 7) is 14.4. The van der Waals surface area contributed by atoms with Gasteiger partial charge in [0.05, 0.1) is 16.6 Å². The average Bonchev–Trinajstić information content (AvgIpc) is 3.17. The maximum atomic E-state index is 2.66. The van der Waals surface area contributed by atoms with Crippen LogP contribution in [-0.2, 0) is 10.8 Å². The summed E-state index contributed by atoms with van der Waals surface area (Å²) in [4.78, 5) is 0. The predicted octanol–water partition coefficient (Wildman–Crippen LogP) is 10.9. The van der Waals surface area contributed by atoms with Crippen molar-refractivity contribution in [2.75, 3.05) is 0 Å². The van der Waals surface area contributed by atoms with Crippen LogP contribution in [0.4, 0.5) is 0 Å². The van der Waals surface area contributed by atoms with Crippen molar-refractivity contribution in [1.29, 1.82) is 0 Å². The Morgan fingerprint density at radius 1 is 0.404 bits per heavy atom. The van der Waals surface area contributed by atoms with E-state index in [1.165, 1.54) is 86.1 Å². The molecule has 0 saturated heterocycles. The molecule has 0 nitrogen and oxygen atoms in total. The van der Waals surface area contributed by atoms with Crippen molar-refractivity contribution in [2.45, 2.75) is 128 Å². The Kier molecular flexibility index (Phi) is 12.6. The first-order valence-electron chi connectivity index (χ1n) is 20.5. The molecule has 52 heavy (non-hydrogen) atoms. The van der Waals surface area contributed by atoms with Crippen LogP contribution in [0, 0.1) is 0 Å². The molecule has 0 amide bonds. The lowest BCUT2D eigenvalue weighted by atomic mass is 9.13. The molecular formula is C50H64BP. The fourth-order valence-electron chi connectivity index (χ4n) is 9.41. The third kappa shape index (κ3) is 8.85. The molecule has 0 N–H and O–H groups in total. The molecule has 0 aliphatic heterocycles. The Balaban J connectivity index is 0.000000179. The minimum atomic E-state index is -1.22. The van der Waals surface area contributed by atoms with Crippen LogP contribution in [-0.4, -0.2) is 17.5 Å². The molecule has 2 heteroatoms. The smallest absolute Gasteiger partial charge is 0.108 e. The zero-order chi connectivity index (χ0) is 36.6. The highest BCUT2D eigenvalue weighted by molar-refractivity contribution is 7.67. The third-order valence-corrected chi connectivity index (χ3v) is 16.2. The van der Waals surface area contributed by atoms with Gasteiger partial charge in [-0.25, -0.2) is 0 Å². The summed E-state index contributed by atoms with van der Waals surface area (Å²) in [7, 11) is -0.487. The van der Waals surface area contributed by atoms with Gasteiger partial charge >= 0.3 is 0 Å². The second kappa shape index (κ2) is 17.2. The quantitative estimate of drug-likeness (QED) is 0.117. The van der Waals surface area contributed by atoms with Gasteiger partial charge in [0.1, 0.15) is 6.15 Å². The highest BCUT2D eigenvalue weighted by atomic mass is 31.1. The average molecular weight is 707 g/mol. The highest BCUT2D eigenvalue weighted by Gasteiger charge is 2.40. The molecule has 0 bridgehead atoms. The molecule has 5 aromatic rings. The van der Waals surface area contributed by atoms with Crippen LogP contribution in [0.25, 0.3) is 0 Å². The first-order valence-corrected chi connectivity index (χ1v) is 22.1. The zero-order valence-corrected chi connectivity index (χ0v) is 34.1. The molecule has 2 saturated carbocycles. The monoisotopic (exact) mass is 706 g/mol. The van der Waals surface area contributed by atoms with Gasteiger partial charge in [0.15, 0.2) is 0 Å². The molecular weight excluding hydrogens is 642 g/mol. The van der Waals surface area contributed by atoms with E-state index in [-0.39, 0.29) is 10.8 Å². The fraction of sp³-hybridized carbons (Fsp3) is 0.400. The first-order chi connectivity index (χ1) is 25.1. The fourth-order valence-corrected chi connectivity index (χ4v) is 13.7. The summed E-state index contributed by atoms with van der Waals surface area (Å²) < 4.78 is 0. The van der Waals surface area contributed by atoms with Crippen LogP contribution >= 0.6 is 7.92 Å². The minimum absolute atomic E-state index is 0.238. The molecule has 2 aliphatic rings. The molecule has 2 aliphatic carbocycles. The van der Waals surface area contributed by atoms with E-state index < -0.39 is 14.1 Å². The molecule has 0 heterocycles.